The molecule has 0 aromatic heterocycles. The first-order chi connectivity index (χ1) is 9.13. The second kappa shape index (κ2) is 4.57. The summed E-state index contributed by atoms with van der Waals surface area (Å²) in [6, 6.07) is 7.58. The third-order valence-corrected chi connectivity index (χ3v) is 3.77. The van der Waals surface area contributed by atoms with Crippen molar-refractivity contribution in [1.82, 2.24) is 5.32 Å². The van der Waals surface area contributed by atoms with Crippen LogP contribution >= 0.6 is 0 Å². The minimum absolute atomic E-state index is 0.0269. The number of carboxylic acid groups (broad SMARTS) is 1. The summed E-state index contributed by atoms with van der Waals surface area (Å²) in [6.45, 7) is 0. The van der Waals surface area contributed by atoms with E-state index in [9.17, 15) is 9.59 Å². The van der Waals surface area contributed by atoms with Gasteiger partial charge < -0.3 is 15.2 Å². The van der Waals surface area contributed by atoms with E-state index in [1.54, 1.807) is 0 Å². The van der Waals surface area contributed by atoms with Gasteiger partial charge in [-0.15, -0.1) is 0 Å². The Hall–Kier alpha value is -2.04. The average molecular weight is 261 g/mol. The summed E-state index contributed by atoms with van der Waals surface area (Å²) >= 11 is 0. The van der Waals surface area contributed by atoms with E-state index in [-0.39, 0.29) is 17.9 Å². The monoisotopic (exact) mass is 261 g/mol. The zero-order valence-electron chi connectivity index (χ0n) is 10.3. The topological polar surface area (TPSA) is 75.6 Å². The van der Waals surface area contributed by atoms with Crippen LogP contribution in [0.4, 0.5) is 0 Å². The normalized spacial score (nSPS) is 27.9. The highest BCUT2D eigenvalue weighted by molar-refractivity contribution is 5.83. The van der Waals surface area contributed by atoms with Crippen molar-refractivity contribution in [2.75, 3.05) is 0 Å². The Morgan fingerprint density at radius 3 is 2.68 bits per heavy atom. The quantitative estimate of drug-likeness (QED) is 0.850. The van der Waals surface area contributed by atoms with Crippen molar-refractivity contribution in [2.45, 2.75) is 31.4 Å². The molecule has 1 fully saturated rings. The van der Waals surface area contributed by atoms with Gasteiger partial charge in [0.25, 0.3) is 5.91 Å². The number of ether oxygens (including phenoxy) is 1. The first-order valence-electron chi connectivity index (χ1n) is 6.41. The number of benzene rings is 1. The molecular weight excluding hydrogens is 246 g/mol. The zero-order chi connectivity index (χ0) is 13.4. The van der Waals surface area contributed by atoms with Crippen molar-refractivity contribution in [2.24, 2.45) is 5.92 Å². The van der Waals surface area contributed by atoms with Crippen molar-refractivity contribution in [3.05, 3.63) is 29.8 Å². The van der Waals surface area contributed by atoms with E-state index in [1.807, 2.05) is 24.3 Å². The van der Waals surface area contributed by atoms with Gasteiger partial charge in [-0.2, -0.15) is 0 Å². The standard InChI is InChI=1S/C14H15NO4/c16-13(15-10-5-9(6-10)14(17)18)12-7-8-3-1-2-4-11(8)19-12/h1-4,9-10,12H,5-7H2,(H,15,16)(H,17,18). The minimum atomic E-state index is -0.782. The lowest BCUT2D eigenvalue weighted by molar-refractivity contribution is -0.146. The fraction of sp³-hybridized carbons (Fsp3) is 0.429. The first kappa shape index (κ1) is 12.0. The van der Waals surface area contributed by atoms with Crippen LogP contribution in [0.25, 0.3) is 0 Å². The molecule has 2 N–H and O–H groups in total. The van der Waals surface area contributed by atoms with E-state index in [4.69, 9.17) is 9.84 Å². The molecule has 1 aromatic carbocycles. The highest BCUT2D eigenvalue weighted by atomic mass is 16.5. The number of aliphatic carboxylic acids is 1. The Morgan fingerprint density at radius 2 is 2.00 bits per heavy atom. The smallest absolute Gasteiger partial charge is 0.306 e. The molecule has 5 heteroatoms. The SMILES string of the molecule is O=C(O)C1CC(NC(=O)C2Cc3ccccc3O2)C1. The van der Waals surface area contributed by atoms with Crippen molar-refractivity contribution in [3.8, 4) is 5.75 Å². The van der Waals surface area contributed by atoms with E-state index >= 15 is 0 Å². The van der Waals surface area contributed by atoms with Gasteiger partial charge in [0.15, 0.2) is 6.10 Å². The number of fused-ring (bicyclic) bond motifs is 1. The summed E-state index contributed by atoms with van der Waals surface area (Å²) in [5.41, 5.74) is 1.04. The Labute approximate surface area is 110 Å². The van der Waals surface area contributed by atoms with Gasteiger partial charge in [0.2, 0.25) is 0 Å². The summed E-state index contributed by atoms with van der Waals surface area (Å²) in [7, 11) is 0. The minimum Gasteiger partial charge on any atom is -0.481 e. The molecule has 1 amide bonds. The fourth-order valence-corrected chi connectivity index (χ4v) is 2.56. The van der Waals surface area contributed by atoms with Crippen LogP contribution in [0.15, 0.2) is 24.3 Å². The molecule has 100 valence electrons. The molecule has 2 aliphatic rings. The van der Waals surface area contributed by atoms with Gasteiger partial charge in [-0.05, 0) is 24.5 Å². The lowest BCUT2D eigenvalue weighted by Crippen LogP contribution is -2.50. The van der Waals surface area contributed by atoms with Crippen LogP contribution in [0.3, 0.4) is 0 Å². The molecule has 0 radical (unpaired) electrons. The van der Waals surface area contributed by atoms with Crippen molar-refractivity contribution in [1.29, 1.82) is 0 Å². The van der Waals surface area contributed by atoms with E-state index in [2.05, 4.69) is 5.32 Å². The first-order valence-corrected chi connectivity index (χ1v) is 6.41. The summed E-state index contributed by atoms with van der Waals surface area (Å²) < 4.78 is 5.58. The molecule has 1 aliphatic heterocycles. The maximum absolute atomic E-state index is 12.0. The highest BCUT2D eigenvalue weighted by Crippen LogP contribution is 2.30. The molecule has 19 heavy (non-hydrogen) atoms. The molecule has 0 bridgehead atoms. The van der Waals surface area contributed by atoms with Crippen molar-refractivity contribution >= 4 is 11.9 Å². The van der Waals surface area contributed by atoms with Crippen LogP contribution in [0.2, 0.25) is 0 Å². The zero-order valence-corrected chi connectivity index (χ0v) is 10.3. The number of carbonyl (C=O) groups is 2. The number of nitrogens with one attached hydrogen (secondary N) is 1. The molecule has 1 atom stereocenters. The number of hydrogen-bond acceptors (Lipinski definition) is 3. The molecule has 1 heterocycles. The predicted molar refractivity (Wildman–Crippen MR) is 66.9 cm³/mol. The van der Waals surface area contributed by atoms with Gasteiger partial charge in [0, 0.05) is 12.5 Å². The molecule has 1 saturated carbocycles. The molecule has 1 unspecified atom stereocenters. The van der Waals surface area contributed by atoms with Gasteiger partial charge in [-0.25, -0.2) is 0 Å². The average Bonchev–Trinajstić information content (AvgIpc) is 2.76. The molecule has 0 spiro atoms. The number of amides is 1. The third-order valence-electron chi connectivity index (χ3n) is 3.77. The molecular formula is C14H15NO4. The van der Waals surface area contributed by atoms with E-state index in [0.29, 0.717) is 19.3 Å². The predicted octanol–water partition coefficient (Wildman–Crippen LogP) is 0.969. The number of carboxylic acids is 1. The Balaban J connectivity index is 1.52. The van der Waals surface area contributed by atoms with Gasteiger partial charge >= 0.3 is 5.97 Å². The Bertz CT molecular complexity index is 497. The number of carbonyl (C=O) groups excluding carboxylic acids is 1. The maximum atomic E-state index is 12.0. The Kier molecular flexibility index (Phi) is 2.89. The van der Waals surface area contributed by atoms with E-state index in [1.165, 1.54) is 0 Å². The lowest BCUT2D eigenvalue weighted by Gasteiger charge is -2.33. The van der Waals surface area contributed by atoms with Crippen LogP contribution in [0.1, 0.15) is 18.4 Å². The van der Waals surface area contributed by atoms with Crippen LogP contribution in [0, 0.1) is 5.92 Å². The second-order valence-corrected chi connectivity index (χ2v) is 5.13. The van der Waals surface area contributed by atoms with Crippen LogP contribution < -0.4 is 10.1 Å². The second-order valence-electron chi connectivity index (χ2n) is 5.13. The van der Waals surface area contributed by atoms with Crippen molar-refractivity contribution in [3.63, 3.8) is 0 Å². The van der Waals surface area contributed by atoms with E-state index in [0.717, 1.165) is 11.3 Å². The van der Waals surface area contributed by atoms with Gasteiger partial charge in [-0.3, -0.25) is 9.59 Å². The molecule has 1 aromatic rings. The van der Waals surface area contributed by atoms with E-state index < -0.39 is 12.1 Å². The van der Waals surface area contributed by atoms with Crippen LogP contribution in [-0.4, -0.2) is 29.1 Å². The summed E-state index contributed by atoms with van der Waals surface area (Å²) in [4.78, 5) is 22.7. The molecule has 5 nitrogen and oxygen atoms in total. The number of para-hydroxylation sites is 1. The molecule has 3 rings (SSSR count). The van der Waals surface area contributed by atoms with Gasteiger partial charge in [0.05, 0.1) is 5.92 Å². The van der Waals surface area contributed by atoms with Gasteiger partial charge in [0.1, 0.15) is 5.75 Å². The molecule has 0 saturated heterocycles. The fourth-order valence-electron chi connectivity index (χ4n) is 2.56. The van der Waals surface area contributed by atoms with Crippen LogP contribution in [0.5, 0.6) is 5.75 Å². The summed E-state index contributed by atoms with van der Waals surface area (Å²) in [5.74, 6) is -0.480. The summed E-state index contributed by atoms with van der Waals surface area (Å²) in [6.07, 6.45) is 1.12. The molecule has 1 aliphatic carbocycles. The third kappa shape index (κ3) is 2.28. The maximum Gasteiger partial charge on any atom is 0.306 e. The number of rotatable bonds is 3. The summed E-state index contributed by atoms with van der Waals surface area (Å²) in [5, 5.41) is 11.6. The largest absolute Gasteiger partial charge is 0.481 e. The van der Waals surface area contributed by atoms with Crippen LogP contribution in [-0.2, 0) is 16.0 Å². The highest BCUT2D eigenvalue weighted by Gasteiger charge is 2.37. The Morgan fingerprint density at radius 1 is 1.26 bits per heavy atom. The van der Waals surface area contributed by atoms with Crippen molar-refractivity contribution < 1.29 is 19.4 Å². The lowest BCUT2D eigenvalue weighted by atomic mass is 9.80. The van der Waals surface area contributed by atoms with Gasteiger partial charge in [-0.1, -0.05) is 18.2 Å². The number of hydrogen-bond donors (Lipinski definition) is 2.